The molecule has 1 aromatic rings. The third-order valence-electron chi connectivity index (χ3n) is 3.98. The van der Waals surface area contributed by atoms with Crippen LogP contribution in [0, 0.1) is 12.8 Å². The van der Waals surface area contributed by atoms with Crippen molar-refractivity contribution in [2.45, 2.75) is 45.8 Å². The molecular weight excluding hydrogens is 300 g/mol. The van der Waals surface area contributed by atoms with E-state index in [4.69, 9.17) is 4.74 Å². The zero-order chi connectivity index (χ0) is 16.5. The number of hydrogen-bond acceptors (Lipinski definition) is 5. The van der Waals surface area contributed by atoms with Gasteiger partial charge < -0.3 is 9.47 Å². The van der Waals surface area contributed by atoms with Crippen LogP contribution in [0.3, 0.4) is 0 Å². The predicted molar refractivity (Wildman–Crippen MR) is 84.6 cm³/mol. The average Bonchev–Trinajstić information content (AvgIpc) is 2.92. The maximum absolute atomic E-state index is 12.2. The number of fused-ring (bicyclic) bond motifs is 1. The molecule has 122 valence electrons. The van der Waals surface area contributed by atoms with Crippen molar-refractivity contribution >= 4 is 19.8 Å². The van der Waals surface area contributed by atoms with E-state index in [0.29, 0.717) is 25.5 Å². The van der Waals surface area contributed by atoms with E-state index >= 15 is 0 Å². The van der Waals surface area contributed by atoms with Crippen LogP contribution in [0.2, 0.25) is 25.7 Å². The zero-order valence-corrected chi connectivity index (χ0v) is 14.9. The number of esters is 1. The highest BCUT2D eigenvalue weighted by Gasteiger charge is 2.40. The van der Waals surface area contributed by atoms with Crippen LogP contribution in [0.25, 0.3) is 0 Å². The first-order valence-corrected chi connectivity index (χ1v) is 11.2. The maximum Gasteiger partial charge on any atom is 0.316 e. The minimum Gasteiger partial charge on any atom is -0.468 e. The summed E-state index contributed by atoms with van der Waals surface area (Å²) in [6, 6.07) is 1.09. The zero-order valence-electron chi connectivity index (χ0n) is 13.9. The van der Waals surface area contributed by atoms with Gasteiger partial charge in [0, 0.05) is 25.9 Å². The molecule has 1 aliphatic rings. The van der Waals surface area contributed by atoms with Gasteiger partial charge in [-0.25, -0.2) is 4.68 Å². The Hall–Kier alpha value is -1.47. The van der Waals surface area contributed by atoms with E-state index in [2.05, 4.69) is 29.5 Å². The Morgan fingerprint density at radius 3 is 2.64 bits per heavy atom. The molecule has 0 saturated carbocycles. The number of Topliss-reactive ketones (excluding diaryl/α,β-unsaturated/α-hetero) is 1. The smallest absolute Gasteiger partial charge is 0.316 e. The van der Waals surface area contributed by atoms with Crippen LogP contribution in [0.1, 0.15) is 21.7 Å². The van der Waals surface area contributed by atoms with Gasteiger partial charge in [0.1, 0.15) is 18.3 Å². The summed E-state index contributed by atoms with van der Waals surface area (Å²) in [6.07, 6.45) is 0.377. The number of ketones is 1. The Kier molecular flexibility index (Phi) is 4.86. The lowest BCUT2D eigenvalue weighted by molar-refractivity contribution is -0.143. The molecule has 1 heterocycles. The van der Waals surface area contributed by atoms with Gasteiger partial charge in [0.2, 0.25) is 0 Å². The number of ether oxygens (including phenoxy) is 2. The molecule has 1 aliphatic carbocycles. The first kappa shape index (κ1) is 16.9. The summed E-state index contributed by atoms with van der Waals surface area (Å²) in [6.45, 7) is 9.86. The number of hydrogen-bond donors (Lipinski definition) is 0. The summed E-state index contributed by atoms with van der Waals surface area (Å²) in [4.78, 5) is 23.8. The van der Waals surface area contributed by atoms with E-state index in [-0.39, 0.29) is 5.78 Å². The third kappa shape index (κ3) is 3.47. The van der Waals surface area contributed by atoms with Crippen molar-refractivity contribution in [2.75, 3.05) is 13.7 Å². The van der Waals surface area contributed by atoms with Crippen LogP contribution in [0.5, 0.6) is 0 Å². The Bertz CT molecular complexity index is 589. The molecule has 1 aromatic heterocycles. The Morgan fingerprint density at radius 2 is 2.09 bits per heavy atom. The van der Waals surface area contributed by atoms with Crippen molar-refractivity contribution in [3.8, 4) is 0 Å². The third-order valence-corrected chi connectivity index (χ3v) is 5.69. The standard InChI is InChI=1S/C15H24N2O4Si/c1-10-11-8-12(15(19)20-2)14(18)13(11)16-17(10)9-21-6-7-22(3,4)5/h12H,6-9H2,1-5H3. The van der Waals surface area contributed by atoms with Gasteiger partial charge in [0.25, 0.3) is 0 Å². The van der Waals surface area contributed by atoms with E-state index in [1.54, 1.807) is 4.68 Å². The van der Waals surface area contributed by atoms with Gasteiger partial charge in [-0.1, -0.05) is 19.6 Å². The predicted octanol–water partition coefficient (Wildman–Crippen LogP) is 2.03. The quantitative estimate of drug-likeness (QED) is 0.346. The molecule has 0 bridgehead atoms. The van der Waals surface area contributed by atoms with E-state index < -0.39 is 20.0 Å². The first-order valence-electron chi connectivity index (χ1n) is 7.50. The fourth-order valence-corrected chi connectivity index (χ4v) is 3.23. The highest BCUT2D eigenvalue weighted by molar-refractivity contribution is 6.76. The number of carbonyl (C=O) groups excluding carboxylic acids is 2. The van der Waals surface area contributed by atoms with Crippen molar-refractivity contribution in [3.63, 3.8) is 0 Å². The van der Waals surface area contributed by atoms with E-state index in [1.807, 2.05) is 6.92 Å². The summed E-state index contributed by atoms with van der Waals surface area (Å²) in [7, 11) is 0.190. The van der Waals surface area contributed by atoms with Gasteiger partial charge in [-0.05, 0) is 19.4 Å². The molecule has 0 radical (unpaired) electrons. The van der Waals surface area contributed by atoms with Gasteiger partial charge >= 0.3 is 5.97 Å². The van der Waals surface area contributed by atoms with Crippen molar-refractivity contribution in [2.24, 2.45) is 5.92 Å². The molecule has 0 spiro atoms. The van der Waals surface area contributed by atoms with Crippen LogP contribution in [-0.2, 0) is 27.4 Å². The van der Waals surface area contributed by atoms with Gasteiger partial charge in [-0.2, -0.15) is 5.10 Å². The molecule has 0 saturated heterocycles. The molecule has 0 aromatic carbocycles. The van der Waals surface area contributed by atoms with Crippen LogP contribution in [-0.4, -0.2) is 43.3 Å². The summed E-state index contributed by atoms with van der Waals surface area (Å²) in [5, 5.41) is 4.32. The Labute approximate surface area is 131 Å². The molecule has 1 unspecified atom stereocenters. The average molecular weight is 324 g/mol. The molecule has 0 N–H and O–H groups in total. The Balaban J connectivity index is 2.00. The van der Waals surface area contributed by atoms with Crippen molar-refractivity contribution < 1.29 is 19.1 Å². The minimum atomic E-state index is -1.11. The first-order chi connectivity index (χ1) is 10.2. The molecule has 0 aliphatic heterocycles. The maximum atomic E-state index is 12.2. The van der Waals surface area contributed by atoms with Crippen LogP contribution >= 0.6 is 0 Å². The highest BCUT2D eigenvalue weighted by atomic mass is 28.3. The second-order valence-electron chi connectivity index (χ2n) is 6.90. The molecule has 0 amide bonds. The van der Waals surface area contributed by atoms with E-state index in [1.165, 1.54) is 7.11 Å². The molecule has 1 atom stereocenters. The fraction of sp³-hybridized carbons (Fsp3) is 0.667. The number of rotatable bonds is 6. The minimum absolute atomic E-state index is 0.245. The molecule has 2 rings (SSSR count). The van der Waals surface area contributed by atoms with Crippen molar-refractivity contribution in [1.29, 1.82) is 0 Å². The lowest BCUT2D eigenvalue weighted by atomic mass is 10.1. The lowest BCUT2D eigenvalue weighted by Gasteiger charge is -2.15. The summed E-state index contributed by atoms with van der Waals surface area (Å²) < 4.78 is 12.1. The highest BCUT2D eigenvalue weighted by Crippen LogP contribution is 2.29. The number of carbonyl (C=O) groups is 2. The van der Waals surface area contributed by atoms with Crippen molar-refractivity contribution in [1.82, 2.24) is 9.78 Å². The molecule has 6 nitrogen and oxygen atoms in total. The van der Waals surface area contributed by atoms with E-state index in [0.717, 1.165) is 17.3 Å². The van der Waals surface area contributed by atoms with Crippen LogP contribution in [0.4, 0.5) is 0 Å². The summed E-state index contributed by atoms with van der Waals surface area (Å²) >= 11 is 0. The van der Waals surface area contributed by atoms with Crippen LogP contribution < -0.4 is 0 Å². The van der Waals surface area contributed by atoms with Crippen molar-refractivity contribution in [3.05, 3.63) is 17.0 Å². The van der Waals surface area contributed by atoms with Gasteiger partial charge in [-0.15, -0.1) is 0 Å². The fourth-order valence-electron chi connectivity index (χ4n) is 2.48. The van der Waals surface area contributed by atoms with Gasteiger partial charge in [0.15, 0.2) is 5.78 Å². The summed E-state index contributed by atoms with van der Waals surface area (Å²) in [5.74, 6) is -1.46. The largest absolute Gasteiger partial charge is 0.468 e. The second kappa shape index (κ2) is 6.34. The number of nitrogens with zero attached hydrogens (tertiary/aromatic N) is 2. The van der Waals surface area contributed by atoms with Gasteiger partial charge in [-0.3, -0.25) is 9.59 Å². The topological polar surface area (TPSA) is 70.4 Å². The SMILES string of the molecule is COC(=O)C1Cc2c(nn(COCC[Si](C)(C)C)c2C)C1=O. The number of aromatic nitrogens is 2. The lowest BCUT2D eigenvalue weighted by Crippen LogP contribution is -2.24. The monoisotopic (exact) mass is 324 g/mol. The Morgan fingerprint density at radius 1 is 1.41 bits per heavy atom. The second-order valence-corrected chi connectivity index (χ2v) is 12.5. The van der Waals surface area contributed by atoms with Gasteiger partial charge in [0.05, 0.1) is 7.11 Å². The summed E-state index contributed by atoms with van der Waals surface area (Å²) in [5.41, 5.74) is 2.12. The molecule has 7 heteroatoms. The molecular formula is C15H24N2O4Si. The van der Waals surface area contributed by atoms with Crippen LogP contribution in [0.15, 0.2) is 0 Å². The van der Waals surface area contributed by atoms with E-state index in [9.17, 15) is 9.59 Å². The number of methoxy groups -OCH3 is 1. The molecule has 0 fully saturated rings. The molecule has 22 heavy (non-hydrogen) atoms. The normalized spacial score (nSPS) is 17.7.